The number of ether oxygens (including phenoxy) is 1. The van der Waals surface area contributed by atoms with Crippen molar-refractivity contribution in [3.8, 4) is 0 Å². The number of esters is 1. The molecule has 0 fully saturated rings. The summed E-state index contributed by atoms with van der Waals surface area (Å²) in [4.78, 5) is 12.5. The van der Waals surface area contributed by atoms with E-state index in [0.717, 1.165) is 4.88 Å². The maximum Gasteiger partial charge on any atom is 0.351 e. The molecule has 58 valence electrons. The predicted octanol–water partition coefficient (Wildman–Crippen LogP) is 1.22. The minimum absolute atomic E-state index is 0.411. The maximum atomic E-state index is 10.9. The van der Waals surface area contributed by atoms with Crippen molar-refractivity contribution >= 4 is 17.3 Å². The fourth-order valence-electron chi connectivity index (χ4n) is 1.10. The lowest BCUT2D eigenvalue weighted by Crippen LogP contribution is -1.96. The summed E-state index contributed by atoms with van der Waals surface area (Å²) in [5.74, 6) is -0.411. The lowest BCUT2D eigenvalue weighted by Gasteiger charge is -1.98. The number of hydrogen-bond donors (Lipinski definition) is 1. The molecule has 0 spiro atoms. The van der Waals surface area contributed by atoms with E-state index in [0.29, 0.717) is 10.4 Å². The Kier molecular flexibility index (Phi) is 1.27. The van der Waals surface area contributed by atoms with Crippen LogP contribution in [0.2, 0.25) is 0 Å². The highest BCUT2D eigenvalue weighted by Gasteiger charge is 2.31. The molecule has 1 atom stereocenters. The van der Waals surface area contributed by atoms with Crippen LogP contribution in [0.1, 0.15) is 26.4 Å². The van der Waals surface area contributed by atoms with Crippen molar-refractivity contribution in [3.63, 3.8) is 0 Å². The highest BCUT2D eigenvalue weighted by Crippen LogP contribution is 2.34. The van der Waals surface area contributed by atoms with Gasteiger partial charge in [-0.3, -0.25) is 0 Å². The molecule has 0 bridgehead atoms. The molecule has 1 aromatic heterocycles. The van der Waals surface area contributed by atoms with E-state index in [1.54, 1.807) is 6.07 Å². The molecule has 2 rings (SSSR count). The van der Waals surface area contributed by atoms with Crippen LogP contribution in [-0.4, -0.2) is 11.1 Å². The largest absolute Gasteiger partial charge is 0.427 e. The van der Waals surface area contributed by atoms with Crippen molar-refractivity contribution in [3.05, 3.63) is 21.4 Å². The normalized spacial score (nSPS) is 21.6. The van der Waals surface area contributed by atoms with Gasteiger partial charge in [0.25, 0.3) is 0 Å². The minimum Gasteiger partial charge on any atom is -0.427 e. The summed E-state index contributed by atoms with van der Waals surface area (Å²) in [6.45, 7) is 1.89. The lowest BCUT2D eigenvalue weighted by atomic mass is 10.2. The molecule has 1 unspecified atom stereocenters. The lowest BCUT2D eigenvalue weighted by molar-refractivity contribution is -0.0547. The Balaban J connectivity index is 2.58. The molecule has 0 saturated carbocycles. The van der Waals surface area contributed by atoms with E-state index >= 15 is 0 Å². The molecule has 0 saturated heterocycles. The molecule has 0 aromatic carbocycles. The molecule has 1 aliphatic rings. The van der Waals surface area contributed by atoms with E-state index in [1.807, 2.05) is 6.92 Å². The van der Waals surface area contributed by atoms with Gasteiger partial charge in [-0.1, -0.05) is 0 Å². The zero-order chi connectivity index (χ0) is 8.01. The average molecular weight is 170 g/mol. The second-order valence-corrected chi connectivity index (χ2v) is 3.66. The monoisotopic (exact) mass is 170 g/mol. The molecular weight excluding hydrogens is 164 g/mol. The number of hydrogen-bond acceptors (Lipinski definition) is 4. The van der Waals surface area contributed by atoms with Gasteiger partial charge in [-0.15, -0.1) is 11.3 Å². The SMILES string of the molecule is Cc1cc2c(s1)C(=O)OC2O. The summed E-state index contributed by atoms with van der Waals surface area (Å²) >= 11 is 1.35. The van der Waals surface area contributed by atoms with Crippen molar-refractivity contribution in [2.45, 2.75) is 13.2 Å². The van der Waals surface area contributed by atoms with Crippen LogP contribution in [0.3, 0.4) is 0 Å². The van der Waals surface area contributed by atoms with E-state index in [-0.39, 0.29) is 0 Å². The van der Waals surface area contributed by atoms with Crippen LogP contribution < -0.4 is 0 Å². The van der Waals surface area contributed by atoms with Gasteiger partial charge in [0, 0.05) is 10.4 Å². The fourth-order valence-corrected chi connectivity index (χ4v) is 2.01. The summed E-state index contributed by atoms with van der Waals surface area (Å²) in [7, 11) is 0. The van der Waals surface area contributed by atoms with Crippen molar-refractivity contribution in [1.82, 2.24) is 0 Å². The van der Waals surface area contributed by atoms with Gasteiger partial charge in [0.1, 0.15) is 4.88 Å². The van der Waals surface area contributed by atoms with Crippen LogP contribution >= 0.6 is 11.3 Å². The average Bonchev–Trinajstić information content (AvgIpc) is 2.38. The van der Waals surface area contributed by atoms with Crippen LogP contribution in [0.4, 0.5) is 0 Å². The standard InChI is InChI=1S/C7H6O3S/c1-3-2-4-5(11-3)7(9)10-6(4)8/h2,6,8H,1H3. The number of carbonyl (C=O) groups is 1. The Hall–Kier alpha value is -0.870. The highest BCUT2D eigenvalue weighted by molar-refractivity contribution is 7.14. The minimum atomic E-state index is -1.04. The van der Waals surface area contributed by atoms with Gasteiger partial charge < -0.3 is 9.84 Å². The Labute approximate surface area is 67.2 Å². The van der Waals surface area contributed by atoms with Crippen molar-refractivity contribution in [1.29, 1.82) is 0 Å². The van der Waals surface area contributed by atoms with Crippen LogP contribution in [0.25, 0.3) is 0 Å². The number of aryl methyl sites for hydroxylation is 1. The summed E-state index contributed by atoms with van der Waals surface area (Å²) in [5, 5.41) is 9.13. The summed E-state index contributed by atoms with van der Waals surface area (Å²) in [6, 6.07) is 1.77. The first kappa shape index (κ1) is 6.82. The number of aliphatic hydroxyl groups excluding tert-OH is 1. The second-order valence-electron chi connectivity index (χ2n) is 2.40. The number of carbonyl (C=O) groups excluding carboxylic acids is 1. The molecule has 2 heterocycles. The first-order valence-corrected chi connectivity index (χ1v) is 3.99. The quantitative estimate of drug-likeness (QED) is 0.595. The third-order valence-corrected chi connectivity index (χ3v) is 2.60. The smallest absolute Gasteiger partial charge is 0.351 e. The van der Waals surface area contributed by atoms with Gasteiger partial charge in [0.15, 0.2) is 0 Å². The zero-order valence-corrected chi connectivity index (χ0v) is 6.64. The van der Waals surface area contributed by atoms with E-state index in [2.05, 4.69) is 4.74 Å². The Morgan fingerprint density at radius 2 is 2.45 bits per heavy atom. The van der Waals surface area contributed by atoms with Gasteiger partial charge in [-0.25, -0.2) is 4.79 Å². The van der Waals surface area contributed by atoms with E-state index < -0.39 is 12.3 Å². The van der Waals surface area contributed by atoms with Gasteiger partial charge in [0.05, 0.1) is 0 Å². The molecule has 0 amide bonds. The zero-order valence-electron chi connectivity index (χ0n) is 5.83. The third-order valence-electron chi connectivity index (χ3n) is 1.55. The number of cyclic esters (lactones) is 1. The van der Waals surface area contributed by atoms with Crippen LogP contribution in [0.5, 0.6) is 0 Å². The Morgan fingerprint density at radius 1 is 1.73 bits per heavy atom. The molecule has 4 heteroatoms. The van der Waals surface area contributed by atoms with Gasteiger partial charge in [-0.05, 0) is 13.0 Å². The van der Waals surface area contributed by atoms with E-state index in [1.165, 1.54) is 11.3 Å². The molecule has 0 aliphatic carbocycles. The topological polar surface area (TPSA) is 46.5 Å². The molecule has 1 aliphatic heterocycles. The Morgan fingerprint density at radius 3 is 3.09 bits per heavy atom. The summed E-state index contributed by atoms with van der Waals surface area (Å²) in [5.41, 5.74) is 0.609. The molecule has 0 radical (unpaired) electrons. The van der Waals surface area contributed by atoms with Crippen LogP contribution in [0.15, 0.2) is 6.07 Å². The van der Waals surface area contributed by atoms with Crippen molar-refractivity contribution < 1.29 is 14.6 Å². The van der Waals surface area contributed by atoms with Crippen LogP contribution in [0, 0.1) is 6.92 Å². The molecule has 3 nitrogen and oxygen atoms in total. The number of aliphatic hydroxyl groups is 1. The first-order chi connectivity index (χ1) is 5.18. The Bertz CT molecular complexity index is 315. The summed E-state index contributed by atoms with van der Waals surface area (Å²) < 4.78 is 4.55. The van der Waals surface area contributed by atoms with Gasteiger partial charge in [-0.2, -0.15) is 0 Å². The van der Waals surface area contributed by atoms with Gasteiger partial charge >= 0.3 is 5.97 Å². The maximum absolute atomic E-state index is 10.9. The fraction of sp³-hybridized carbons (Fsp3) is 0.286. The van der Waals surface area contributed by atoms with E-state index in [4.69, 9.17) is 5.11 Å². The molecule has 1 N–H and O–H groups in total. The van der Waals surface area contributed by atoms with E-state index in [9.17, 15) is 4.79 Å². The van der Waals surface area contributed by atoms with Crippen LogP contribution in [-0.2, 0) is 4.74 Å². The third kappa shape index (κ3) is 0.868. The predicted molar refractivity (Wildman–Crippen MR) is 39.4 cm³/mol. The second kappa shape index (κ2) is 2.06. The highest BCUT2D eigenvalue weighted by atomic mass is 32.1. The van der Waals surface area contributed by atoms with Gasteiger partial charge in [0.2, 0.25) is 6.29 Å². The van der Waals surface area contributed by atoms with Crippen molar-refractivity contribution in [2.75, 3.05) is 0 Å². The summed E-state index contributed by atoms with van der Waals surface area (Å²) in [6.07, 6.45) is -1.04. The molecular formula is C7H6O3S. The number of rotatable bonds is 0. The molecule has 11 heavy (non-hydrogen) atoms. The molecule has 1 aromatic rings. The first-order valence-electron chi connectivity index (χ1n) is 3.18. The number of fused-ring (bicyclic) bond motifs is 1. The van der Waals surface area contributed by atoms with Crippen molar-refractivity contribution in [2.24, 2.45) is 0 Å². The number of thiophene rings is 1.